The normalized spacial score (nSPS) is 13.1. The molecular weight excluding hydrogens is 200 g/mol. The summed E-state index contributed by atoms with van der Waals surface area (Å²) < 4.78 is 0. The minimum Gasteiger partial charge on any atom is -0.394 e. The number of rotatable bonds is 5. The summed E-state index contributed by atoms with van der Waals surface area (Å²) in [6.45, 7) is 3.88. The first-order chi connectivity index (χ1) is 7.59. The van der Waals surface area contributed by atoms with Crippen molar-refractivity contribution in [2.75, 3.05) is 6.61 Å². The van der Waals surface area contributed by atoms with Crippen LogP contribution in [0.15, 0.2) is 30.3 Å². The molecule has 0 aliphatic heterocycles. The van der Waals surface area contributed by atoms with E-state index in [1.807, 2.05) is 44.2 Å². The number of benzene rings is 1. The van der Waals surface area contributed by atoms with Crippen LogP contribution in [0.25, 0.3) is 0 Å². The predicted octanol–water partition coefficient (Wildman–Crippen LogP) is 2.00. The van der Waals surface area contributed by atoms with Crippen LogP contribution in [0.3, 0.4) is 0 Å². The molecule has 3 heteroatoms. The van der Waals surface area contributed by atoms with Gasteiger partial charge < -0.3 is 10.4 Å². The van der Waals surface area contributed by atoms with Crippen molar-refractivity contribution in [2.45, 2.75) is 31.8 Å². The van der Waals surface area contributed by atoms with E-state index in [1.165, 1.54) is 0 Å². The van der Waals surface area contributed by atoms with Gasteiger partial charge in [-0.15, -0.1) is 0 Å². The standard InChI is InChI=1S/C13H18N2O/c1-13(2,10-16)15-12(8-9-14)11-6-4-3-5-7-11/h3-7,12,15-16H,8,10H2,1-2H3. The first-order valence-corrected chi connectivity index (χ1v) is 5.39. The molecule has 0 spiro atoms. The number of aliphatic hydroxyl groups is 1. The number of nitrogens with one attached hydrogen (secondary N) is 1. The molecule has 1 aromatic rings. The van der Waals surface area contributed by atoms with Crippen LogP contribution in [0, 0.1) is 11.3 Å². The molecule has 0 fully saturated rings. The molecule has 2 N–H and O–H groups in total. The highest BCUT2D eigenvalue weighted by Crippen LogP contribution is 2.19. The molecule has 3 nitrogen and oxygen atoms in total. The second kappa shape index (κ2) is 5.64. The highest BCUT2D eigenvalue weighted by Gasteiger charge is 2.21. The van der Waals surface area contributed by atoms with E-state index in [0.717, 1.165) is 5.56 Å². The summed E-state index contributed by atoms with van der Waals surface area (Å²) >= 11 is 0. The van der Waals surface area contributed by atoms with Crippen LogP contribution >= 0.6 is 0 Å². The molecule has 0 saturated heterocycles. The lowest BCUT2D eigenvalue weighted by molar-refractivity contribution is 0.175. The van der Waals surface area contributed by atoms with Gasteiger partial charge in [0.15, 0.2) is 0 Å². The summed E-state index contributed by atoms with van der Waals surface area (Å²) in [5, 5.41) is 21.3. The molecule has 0 amide bonds. The highest BCUT2D eigenvalue weighted by molar-refractivity contribution is 5.20. The van der Waals surface area contributed by atoms with Gasteiger partial charge in [0.25, 0.3) is 0 Å². The number of hydrogen-bond donors (Lipinski definition) is 2. The Morgan fingerprint density at radius 2 is 2.00 bits per heavy atom. The summed E-state index contributed by atoms with van der Waals surface area (Å²) in [4.78, 5) is 0. The smallest absolute Gasteiger partial charge is 0.0641 e. The fourth-order valence-corrected chi connectivity index (χ4v) is 1.55. The van der Waals surface area contributed by atoms with E-state index < -0.39 is 0 Å². The Bertz CT molecular complexity index is 354. The maximum atomic E-state index is 9.21. The van der Waals surface area contributed by atoms with Crippen LogP contribution in [0.2, 0.25) is 0 Å². The number of hydrogen-bond acceptors (Lipinski definition) is 3. The van der Waals surface area contributed by atoms with Gasteiger partial charge in [-0.25, -0.2) is 0 Å². The van der Waals surface area contributed by atoms with E-state index in [1.54, 1.807) is 0 Å². The van der Waals surface area contributed by atoms with Gasteiger partial charge in [0.1, 0.15) is 0 Å². The zero-order valence-electron chi connectivity index (χ0n) is 9.77. The van der Waals surface area contributed by atoms with Gasteiger partial charge in [-0.2, -0.15) is 5.26 Å². The van der Waals surface area contributed by atoms with Crippen molar-refractivity contribution in [2.24, 2.45) is 0 Å². The van der Waals surface area contributed by atoms with E-state index >= 15 is 0 Å². The molecule has 0 radical (unpaired) electrons. The first kappa shape index (κ1) is 12.7. The molecule has 1 atom stereocenters. The van der Waals surface area contributed by atoms with Gasteiger partial charge in [0, 0.05) is 11.6 Å². The lowest BCUT2D eigenvalue weighted by Gasteiger charge is -2.29. The first-order valence-electron chi connectivity index (χ1n) is 5.39. The van der Waals surface area contributed by atoms with Gasteiger partial charge >= 0.3 is 0 Å². The quantitative estimate of drug-likeness (QED) is 0.794. The molecule has 0 bridgehead atoms. The van der Waals surface area contributed by atoms with Crippen LogP contribution in [-0.2, 0) is 0 Å². The van der Waals surface area contributed by atoms with Crippen molar-refractivity contribution >= 4 is 0 Å². The third-order valence-corrected chi connectivity index (χ3v) is 2.46. The van der Waals surface area contributed by atoms with Crippen molar-refractivity contribution in [1.82, 2.24) is 5.32 Å². The monoisotopic (exact) mass is 218 g/mol. The molecular formula is C13H18N2O. The van der Waals surface area contributed by atoms with E-state index in [-0.39, 0.29) is 18.2 Å². The lowest BCUT2D eigenvalue weighted by Crippen LogP contribution is -2.44. The van der Waals surface area contributed by atoms with Crippen LogP contribution in [0.1, 0.15) is 31.9 Å². The minimum absolute atomic E-state index is 0.0339. The third-order valence-electron chi connectivity index (χ3n) is 2.46. The van der Waals surface area contributed by atoms with Crippen LogP contribution in [0.4, 0.5) is 0 Å². The average Bonchev–Trinajstić information content (AvgIpc) is 2.29. The molecule has 86 valence electrons. The molecule has 1 aromatic carbocycles. The van der Waals surface area contributed by atoms with Crippen LogP contribution in [-0.4, -0.2) is 17.3 Å². The van der Waals surface area contributed by atoms with Crippen LogP contribution < -0.4 is 5.32 Å². The molecule has 1 unspecified atom stereocenters. The number of aliphatic hydroxyl groups excluding tert-OH is 1. The highest BCUT2D eigenvalue weighted by atomic mass is 16.3. The zero-order chi connectivity index (χ0) is 12.0. The molecule has 0 heterocycles. The van der Waals surface area contributed by atoms with Crippen LogP contribution in [0.5, 0.6) is 0 Å². The molecule has 0 saturated carbocycles. The Kier molecular flexibility index (Phi) is 4.48. The Labute approximate surface area is 96.7 Å². The molecule has 0 aromatic heterocycles. The number of nitriles is 1. The number of nitrogens with zero attached hydrogens (tertiary/aromatic N) is 1. The van der Waals surface area contributed by atoms with Crippen molar-refractivity contribution in [3.05, 3.63) is 35.9 Å². The summed E-state index contributed by atoms with van der Waals surface area (Å²) in [5.74, 6) is 0. The Hall–Kier alpha value is -1.37. The Morgan fingerprint density at radius 1 is 1.38 bits per heavy atom. The third kappa shape index (κ3) is 3.65. The van der Waals surface area contributed by atoms with Gasteiger partial charge in [0.05, 0.1) is 19.1 Å². The Balaban J connectivity index is 2.81. The van der Waals surface area contributed by atoms with E-state index in [2.05, 4.69) is 11.4 Å². The maximum Gasteiger partial charge on any atom is 0.0641 e. The summed E-state index contributed by atoms with van der Waals surface area (Å²) in [6.07, 6.45) is 0.396. The van der Waals surface area contributed by atoms with E-state index in [9.17, 15) is 5.11 Å². The minimum atomic E-state index is -0.378. The van der Waals surface area contributed by atoms with E-state index in [4.69, 9.17) is 5.26 Å². The average molecular weight is 218 g/mol. The molecule has 0 aliphatic rings. The summed E-state index contributed by atoms with van der Waals surface area (Å²) in [6, 6.07) is 12.0. The van der Waals surface area contributed by atoms with Gasteiger partial charge in [0.2, 0.25) is 0 Å². The second-order valence-electron chi connectivity index (χ2n) is 4.51. The largest absolute Gasteiger partial charge is 0.394 e. The molecule has 1 rings (SSSR count). The van der Waals surface area contributed by atoms with Crippen molar-refractivity contribution in [3.63, 3.8) is 0 Å². The SMILES string of the molecule is CC(C)(CO)NC(CC#N)c1ccccc1. The molecule has 16 heavy (non-hydrogen) atoms. The fourth-order valence-electron chi connectivity index (χ4n) is 1.55. The van der Waals surface area contributed by atoms with Crippen molar-refractivity contribution in [1.29, 1.82) is 5.26 Å². The van der Waals surface area contributed by atoms with Gasteiger partial charge in [-0.3, -0.25) is 0 Å². The lowest BCUT2D eigenvalue weighted by atomic mass is 9.99. The summed E-state index contributed by atoms with van der Waals surface area (Å²) in [5.41, 5.74) is 0.697. The Morgan fingerprint density at radius 3 is 2.50 bits per heavy atom. The van der Waals surface area contributed by atoms with Gasteiger partial charge in [-0.1, -0.05) is 30.3 Å². The zero-order valence-corrected chi connectivity index (χ0v) is 9.77. The second-order valence-corrected chi connectivity index (χ2v) is 4.51. The topological polar surface area (TPSA) is 56.0 Å². The van der Waals surface area contributed by atoms with Crippen molar-refractivity contribution < 1.29 is 5.11 Å². The molecule has 0 aliphatic carbocycles. The van der Waals surface area contributed by atoms with E-state index in [0.29, 0.717) is 6.42 Å². The predicted molar refractivity (Wildman–Crippen MR) is 63.7 cm³/mol. The maximum absolute atomic E-state index is 9.21. The summed E-state index contributed by atoms with van der Waals surface area (Å²) in [7, 11) is 0. The van der Waals surface area contributed by atoms with Crippen molar-refractivity contribution in [3.8, 4) is 6.07 Å². The fraction of sp³-hybridized carbons (Fsp3) is 0.462. The van der Waals surface area contributed by atoms with Gasteiger partial charge in [-0.05, 0) is 19.4 Å².